The molecule has 1 aromatic heterocycles. The first-order chi connectivity index (χ1) is 9.43. The molecule has 0 aliphatic rings. The number of aromatic nitrogens is 2. The highest BCUT2D eigenvalue weighted by Crippen LogP contribution is 2.14. The van der Waals surface area contributed by atoms with Gasteiger partial charge in [0.1, 0.15) is 11.5 Å². The number of nitrogens with two attached hydrogens (primary N) is 1. The topological polar surface area (TPSA) is 82.0 Å². The van der Waals surface area contributed by atoms with Gasteiger partial charge in [0.15, 0.2) is 0 Å². The first-order valence-electron chi connectivity index (χ1n) is 6.78. The predicted molar refractivity (Wildman–Crippen MR) is 86.7 cm³/mol. The van der Waals surface area contributed by atoms with Gasteiger partial charge in [-0.25, -0.2) is 4.79 Å². The van der Waals surface area contributed by atoms with Gasteiger partial charge in [-0.2, -0.15) is 11.8 Å². The van der Waals surface area contributed by atoms with Gasteiger partial charge >= 0.3 is 5.69 Å². The van der Waals surface area contributed by atoms with Gasteiger partial charge in [-0.15, -0.1) is 0 Å². The van der Waals surface area contributed by atoms with Gasteiger partial charge in [0.05, 0.1) is 0 Å². The minimum absolute atomic E-state index is 0.130. The number of hydrogen-bond donors (Lipinski definition) is 2. The van der Waals surface area contributed by atoms with Gasteiger partial charge in [0.25, 0.3) is 5.56 Å². The van der Waals surface area contributed by atoms with Crippen LogP contribution in [0.3, 0.4) is 0 Å². The molecule has 0 aliphatic heterocycles. The van der Waals surface area contributed by atoms with E-state index in [-0.39, 0.29) is 23.1 Å². The normalized spacial score (nSPS) is 12.4. The number of nitrogens with one attached hydrogen (secondary N) is 1. The molecule has 0 fully saturated rings. The lowest BCUT2D eigenvalue weighted by Gasteiger charge is -2.19. The molecule has 6 nitrogen and oxygen atoms in total. The van der Waals surface area contributed by atoms with Crippen molar-refractivity contribution in [2.75, 3.05) is 23.1 Å². The number of nitrogen functional groups attached to an aromatic ring is 1. The van der Waals surface area contributed by atoms with Crippen molar-refractivity contribution in [2.45, 2.75) is 39.3 Å². The molecule has 20 heavy (non-hydrogen) atoms. The fourth-order valence-corrected chi connectivity index (χ4v) is 2.56. The Hall–Kier alpha value is -1.37. The lowest BCUT2D eigenvalue weighted by atomic mass is 10.2. The number of anilines is 2. The molecule has 0 amide bonds. The summed E-state index contributed by atoms with van der Waals surface area (Å²) in [5.41, 5.74) is 5.60. The van der Waals surface area contributed by atoms with E-state index in [0.29, 0.717) is 12.2 Å². The first-order valence-corrected chi connectivity index (χ1v) is 8.18. The van der Waals surface area contributed by atoms with Crippen LogP contribution in [0.25, 0.3) is 0 Å². The molecule has 1 aromatic rings. The summed E-state index contributed by atoms with van der Waals surface area (Å²) >= 11 is 1.76. The van der Waals surface area contributed by atoms with Crippen LogP contribution in [0.15, 0.2) is 9.59 Å². The summed E-state index contributed by atoms with van der Waals surface area (Å²) in [6.45, 7) is 4.47. The van der Waals surface area contributed by atoms with Gasteiger partial charge in [-0.1, -0.05) is 6.92 Å². The van der Waals surface area contributed by atoms with Crippen LogP contribution in [0.5, 0.6) is 0 Å². The van der Waals surface area contributed by atoms with E-state index in [1.54, 1.807) is 11.8 Å². The zero-order chi connectivity index (χ0) is 15.3. The second-order valence-corrected chi connectivity index (χ2v) is 5.87. The minimum Gasteiger partial charge on any atom is -0.383 e. The van der Waals surface area contributed by atoms with Crippen molar-refractivity contribution < 1.29 is 0 Å². The highest BCUT2D eigenvalue weighted by Gasteiger charge is 2.16. The summed E-state index contributed by atoms with van der Waals surface area (Å²) < 4.78 is 2.56. The average Bonchev–Trinajstić information content (AvgIpc) is 2.43. The van der Waals surface area contributed by atoms with Gasteiger partial charge in [-0.05, 0) is 31.8 Å². The molecule has 114 valence electrons. The van der Waals surface area contributed by atoms with Crippen molar-refractivity contribution in [3.8, 4) is 0 Å². The third kappa shape index (κ3) is 3.59. The maximum atomic E-state index is 12.2. The molecule has 0 saturated carbocycles. The fourth-order valence-electron chi connectivity index (χ4n) is 1.97. The second kappa shape index (κ2) is 7.42. The number of nitrogens with zero attached hydrogens (tertiary/aromatic N) is 2. The third-order valence-corrected chi connectivity index (χ3v) is 3.82. The average molecular weight is 300 g/mol. The molecule has 1 atom stereocenters. The standard InChI is InChI=1S/C13H24N4O2S/c1-5-7-17-11(14)10(12(18)16(3)13(17)19)15-9(2)6-8-20-4/h9,15H,5-8,14H2,1-4H3. The van der Waals surface area contributed by atoms with Crippen molar-refractivity contribution in [1.29, 1.82) is 0 Å². The highest BCUT2D eigenvalue weighted by atomic mass is 32.2. The molecule has 0 saturated heterocycles. The van der Waals surface area contributed by atoms with Crippen LogP contribution < -0.4 is 22.3 Å². The van der Waals surface area contributed by atoms with Crippen molar-refractivity contribution in [1.82, 2.24) is 9.13 Å². The summed E-state index contributed by atoms with van der Waals surface area (Å²) in [5.74, 6) is 1.24. The van der Waals surface area contributed by atoms with Gasteiger partial charge < -0.3 is 11.1 Å². The van der Waals surface area contributed by atoms with Crippen LogP contribution in [-0.2, 0) is 13.6 Å². The maximum Gasteiger partial charge on any atom is 0.332 e. The maximum absolute atomic E-state index is 12.2. The van der Waals surface area contributed by atoms with E-state index in [1.807, 2.05) is 20.1 Å². The van der Waals surface area contributed by atoms with Crippen LogP contribution in [0.4, 0.5) is 11.5 Å². The van der Waals surface area contributed by atoms with E-state index in [1.165, 1.54) is 11.6 Å². The van der Waals surface area contributed by atoms with E-state index in [9.17, 15) is 9.59 Å². The smallest absolute Gasteiger partial charge is 0.332 e. The van der Waals surface area contributed by atoms with E-state index in [0.717, 1.165) is 23.2 Å². The summed E-state index contributed by atoms with van der Waals surface area (Å²) in [6, 6.07) is 0.130. The Morgan fingerprint density at radius 3 is 2.60 bits per heavy atom. The summed E-state index contributed by atoms with van der Waals surface area (Å²) in [5, 5.41) is 3.15. The molecule has 3 N–H and O–H groups in total. The fraction of sp³-hybridized carbons (Fsp3) is 0.692. The largest absolute Gasteiger partial charge is 0.383 e. The van der Waals surface area contributed by atoms with Gasteiger partial charge in [0, 0.05) is 19.6 Å². The van der Waals surface area contributed by atoms with Gasteiger partial charge in [0.2, 0.25) is 0 Å². The van der Waals surface area contributed by atoms with E-state index < -0.39 is 0 Å². The molecular weight excluding hydrogens is 276 g/mol. The molecule has 0 spiro atoms. The molecule has 0 radical (unpaired) electrons. The number of thioether (sulfide) groups is 1. The van der Waals surface area contributed by atoms with Crippen LogP contribution in [0.1, 0.15) is 26.7 Å². The summed E-state index contributed by atoms with van der Waals surface area (Å²) in [4.78, 5) is 24.2. The van der Waals surface area contributed by atoms with Crippen molar-refractivity contribution in [3.63, 3.8) is 0 Å². The number of hydrogen-bond acceptors (Lipinski definition) is 5. The van der Waals surface area contributed by atoms with E-state index in [2.05, 4.69) is 5.32 Å². The molecule has 0 aromatic carbocycles. The zero-order valence-corrected chi connectivity index (χ0v) is 13.4. The lowest BCUT2D eigenvalue weighted by Crippen LogP contribution is -2.41. The Balaban J connectivity index is 3.19. The minimum atomic E-state index is -0.365. The van der Waals surface area contributed by atoms with E-state index >= 15 is 0 Å². The zero-order valence-electron chi connectivity index (χ0n) is 12.6. The molecule has 1 rings (SSSR count). The Kier molecular flexibility index (Phi) is 6.19. The first kappa shape index (κ1) is 16.7. The molecule has 7 heteroatoms. The molecular formula is C13H24N4O2S. The summed E-state index contributed by atoms with van der Waals surface area (Å²) in [7, 11) is 1.48. The quantitative estimate of drug-likeness (QED) is 0.788. The lowest BCUT2D eigenvalue weighted by molar-refractivity contribution is 0.598. The molecule has 0 aliphatic carbocycles. The SMILES string of the molecule is CCCn1c(N)c(NC(C)CCSC)c(=O)n(C)c1=O. The summed E-state index contributed by atoms with van der Waals surface area (Å²) in [6.07, 6.45) is 3.75. The third-order valence-electron chi connectivity index (χ3n) is 3.18. The van der Waals surface area contributed by atoms with Crippen molar-refractivity contribution in [2.24, 2.45) is 7.05 Å². The predicted octanol–water partition coefficient (Wildman–Crippen LogP) is 1.09. The Morgan fingerprint density at radius 2 is 2.05 bits per heavy atom. The molecule has 1 unspecified atom stereocenters. The number of rotatable bonds is 7. The van der Waals surface area contributed by atoms with Crippen LogP contribution in [0.2, 0.25) is 0 Å². The van der Waals surface area contributed by atoms with Crippen LogP contribution in [-0.4, -0.2) is 27.2 Å². The van der Waals surface area contributed by atoms with Crippen LogP contribution in [0, 0.1) is 0 Å². The monoisotopic (exact) mass is 300 g/mol. The van der Waals surface area contributed by atoms with Gasteiger partial charge in [-0.3, -0.25) is 13.9 Å². The highest BCUT2D eigenvalue weighted by molar-refractivity contribution is 7.98. The van der Waals surface area contributed by atoms with Crippen molar-refractivity contribution >= 4 is 23.3 Å². The Labute approximate surface area is 123 Å². The Morgan fingerprint density at radius 1 is 1.40 bits per heavy atom. The molecule has 0 bridgehead atoms. The molecule has 1 heterocycles. The second-order valence-electron chi connectivity index (χ2n) is 4.89. The van der Waals surface area contributed by atoms with E-state index in [4.69, 9.17) is 5.73 Å². The van der Waals surface area contributed by atoms with Crippen LogP contribution >= 0.6 is 11.8 Å². The van der Waals surface area contributed by atoms with Crippen molar-refractivity contribution in [3.05, 3.63) is 20.8 Å². The Bertz CT molecular complexity index is 565.